The van der Waals surface area contributed by atoms with Gasteiger partial charge in [0.05, 0.1) is 29.5 Å². The number of carbonyl (C=O) groups excluding carboxylic acids is 1. The zero-order valence-electron chi connectivity index (χ0n) is 22.5. The van der Waals surface area contributed by atoms with Crippen LogP contribution in [0.4, 0.5) is 0 Å². The van der Waals surface area contributed by atoms with Gasteiger partial charge in [0.15, 0.2) is 0 Å². The van der Waals surface area contributed by atoms with E-state index in [2.05, 4.69) is 20.8 Å². The highest BCUT2D eigenvalue weighted by molar-refractivity contribution is 5.70. The number of cyclic esters (lactones) is 1. The van der Waals surface area contributed by atoms with E-state index < -0.39 is 23.4 Å². The van der Waals surface area contributed by atoms with Crippen molar-refractivity contribution in [3.8, 4) is 0 Å². The number of esters is 1. The van der Waals surface area contributed by atoms with Gasteiger partial charge in [0.25, 0.3) is 0 Å². The third-order valence-corrected chi connectivity index (χ3v) is 12.9. The zero-order valence-corrected chi connectivity index (χ0v) is 22.5. The fourth-order valence-corrected chi connectivity index (χ4v) is 11.4. The van der Waals surface area contributed by atoms with Crippen LogP contribution in [0.15, 0.2) is 0 Å². The van der Waals surface area contributed by atoms with Crippen molar-refractivity contribution < 1.29 is 29.6 Å². The van der Waals surface area contributed by atoms with Gasteiger partial charge in [0, 0.05) is 18.3 Å². The lowest BCUT2D eigenvalue weighted by atomic mass is 9.43. The maximum atomic E-state index is 12.4. The Morgan fingerprint density at radius 2 is 1.69 bits per heavy atom. The second kappa shape index (κ2) is 7.03. The predicted octanol–water partition coefficient (Wildman–Crippen LogP) is 3.98. The predicted molar refractivity (Wildman–Crippen MR) is 130 cm³/mol. The molecule has 4 aliphatic carbocycles. The summed E-state index contributed by atoms with van der Waals surface area (Å²) in [6.45, 7) is 12.5. The third kappa shape index (κ3) is 2.89. The molecule has 0 aromatic carbocycles. The van der Waals surface area contributed by atoms with E-state index in [1.807, 2.05) is 20.8 Å². The van der Waals surface area contributed by atoms with Crippen LogP contribution in [0.1, 0.15) is 99.3 Å². The molecule has 6 heteroatoms. The Kier molecular flexibility index (Phi) is 4.95. The van der Waals surface area contributed by atoms with E-state index in [1.165, 1.54) is 0 Å². The molecule has 2 aliphatic heterocycles. The highest BCUT2D eigenvalue weighted by Gasteiger charge is 2.83. The number of rotatable bonds is 2. The summed E-state index contributed by atoms with van der Waals surface area (Å²) in [7, 11) is 0. The summed E-state index contributed by atoms with van der Waals surface area (Å²) in [5.41, 5.74) is -1.51. The summed E-state index contributed by atoms with van der Waals surface area (Å²) in [6, 6.07) is 0. The largest absolute Gasteiger partial charge is 0.462 e. The van der Waals surface area contributed by atoms with Gasteiger partial charge < -0.3 is 24.8 Å². The molecule has 3 N–H and O–H groups in total. The lowest BCUT2D eigenvalue weighted by Crippen LogP contribution is -2.59. The minimum Gasteiger partial charge on any atom is -0.462 e. The summed E-state index contributed by atoms with van der Waals surface area (Å²) in [4.78, 5) is 12.4. The molecule has 2 spiro atoms. The second-order valence-corrected chi connectivity index (χ2v) is 14.8. The zero-order chi connectivity index (χ0) is 25.4. The van der Waals surface area contributed by atoms with Gasteiger partial charge >= 0.3 is 5.97 Å². The molecule has 35 heavy (non-hydrogen) atoms. The summed E-state index contributed by atoms with van der Waals surface area (Å²) < 4.78 is 12.4. The second-order valence-electron chi connectivity index (χ2n) is 14.8. The van der Waals surface area contributed by atoms with E-state index in [0.29, 0.717) is 12.3 Å². The lowest BCUT2D eigenvalue weighted by Gasteiger charge is -2.62. The SMILES string of the molecule is C[C@H]1OC(=O)CC[C@]23C[C@]24CC[C@]2(C)[C@@H]([C@@]5(C)CC[C@@H](C(C)(C)O)O5)[C@@H](O)C[C@@]2(C)C4C[C@H](O)C13. The summed E-state index contributed by atoms with van der Waals surface area (Å²) in [6.07, 6.45) is 6.15. The Hall–Kier alpha value is -0.690. The highest BCUT2D eigenvalue weighted by Crippen LogP contribution is 2.87. The molecule has 6 aliphatic rings. The molecule has 0 bridgehead atoms. The van der Waals surface area contributed by atoms with E-state index in [4.69, 9.17) is 9.47 Å². The number of carbonyl (C=O) groups is 1. The van der Waals surface area contributed by atoms with E-state index in [9.17, 15) is 20.1 Å². The average molecular weight is 491 g/mol. The fourth-order valence-electron chi connectivity index (χ4n) is 11.4. The van der Waals surface area contributed by atoms with Gasteiger partial charge in [-0.1, -0.05) is 13.8 Å². The molecule has 12 atom stereocenters. The van der Waals surface area contributed by atoms with Crippen LogP contribution in [0.3, 0.4) is 0 Å². The van der Waals surface area contributed by atoms with Gasteiger partial charge in [0.1, 0.15) is 6.10 Å². The van der Waals surface area contributed by atoms with Gasteiger partial charge in [0.2, 0.25) is 0 Å². The maximum Gasteiger partial charge on any atom is 0.306 e. The number of aliphatic hydroxyl groups is 3. The van der Waals surface area contributed by atoms with Gasteiger partial charge in [-0.15, -0.1) is 0 Å². The van der Waals surface area contributed by atoms with Gasteiger partial charge in [-0.2, -0.15) is 0 Å². The van der Waals surface area contributed by atoms with Gasteiger partial charge in [-0.25, -0.2) is 0 Å². The van der Waals surface area contributed by atoms with Crippen LogP contribution in [0.5, 0.6) is 0 Å². The van der Waals surface area contributed by atoms with E-state index >= 15 is 0 Å². The van der Waals surface area contributed by atoms with Crippen molar-refractivity contribution >= 4 is 5.97 Å². The number of aliphatic hydroxyl groups excluding tert-OH is 2. The summed E-state index contributed by atoms with van der Waals surface area (Å²) in [5, 5.41) is 33.9. The smallest absolute Gasteiger partial charge is 0.306 e. The topological polar surface area (TPSA) is 96.2 Å². The summed E-state index contributed by atoms with van der Waals surface area (Å²) >= 11 is 0. The molecule has 4 saturated carbocycles. The normalized spacial score (nSPS) is 59.6. The van der Waals surface area contributed by atoms with Crippen LogP contribution < -0.4 is 0 Å². The minimum atomic E-state index is -0.902. The minimum absolute atomic E-state index is 0.00719. The first-order chi connectivity index (χ1) is 16.1. The van der Waals surface area contributed by atoms with E-state index in [0.717, 1.165) is 51.4 Å². The molecule has 2 heterocycles. The molecule has 2 saturated heterocycles. The van der Waals surface area contributed by atoms with E-state index in [-0.39, 0.29) is 51.7 Å². The van der Waals surface area contributed by atoms with Crippen LogP contribution >= 0.6 is 0 Å². The fraction of sp³-hybridized carbons (Fsp3) is 0.966. The van der Waals surface area contributed by atoms with Crippen molar-refractivity contribution in [3.63, 3.8) is 0 Å². The Balaban J connectivity index is 1.37. The molecular formula is C29H46O6. The molecule has 6 nitrogen and oxygen atoms in total. The number of fused-ring (bicyclic) bond motifs is 2. The molecule has 6 rings (SSSR count). The van der Waals surface area contributed by atoms with Crippen LogP contribution in [-0.2, 0) is 14.3 Å². The molecule has 0 aromatic heterocycles. The lowest BCUT2D eigenvalue weighted by molar-refractivity contribution is -0.198. The molecule has 0 radical (unpaired) electrons. The third-order valence-electron chi connectivity index (χ3n) is 12.9. The van der Waals surface area contributed by atoms with Crippen molar-refractivity contribution in [1.29, 1.82) is 0 Å². The van der Waals surface area contributed by atoms with Crippen molar-refractivity contribution in [1.82, 2.24) is 0 Å². The van der Waals surface area contributed by atoms with Gasteiger partial charge in [-0.3, -0.25) is 4.79 Å². The number of ether oxygens (including phenoxy) is 2. The molecule has 6 fully saturated rings. The number of hydrogen-bond acceptors (Lipinski definition) is 6. The molecule has 0 aromatic rings. The van der Waals surface area contributed by atoms with Crippen molar-refractivity contribution in [3.05, 3.63) is 0 Å². The average Bonchev–Trinajstić information content (AvgIpc) is 3.16. The first kappa shape index (κ1) is 24.6. The Bertz CT molecular complexity index is 929. The Morgan fingerprint density at radius 1 is 0.971 bits per heavy atom. The van der Waals surface area contributed by atoms with E-state index in [1.54, 1.807) is 0 Å². The molecule has 2 unspecified atom stereocenters. The maximum absolute atomic E-state index is 12.4. The first-order valence-electron chi connectivity index (χ1n) is 14.1. The quantitative estimate of drug-likeness (QED) is 0.507. The van der Waals surface area contributed by atoms with Crippen LogP contribution in [-0.4, -0.2) is 56.9 Å². The van der Waals surface area contributed by atoms with Crippen molar-refractivity contribution in [2.75, 3.05) is 0 Å². The molecular weight excluding hydrogens is 444 g/mol. The Morgan fingerprint density at radius 3 is 2.34 bits per heavy atom. The monoisotopic (exact) mass is 490 g/mol. The first-order valence-corrected chi connectivity index (χ1v) is 14.1. The van der Waals surface area contributed by atoms with Gasteiger partial charge in [-0.05, 0) is 107 Å². The molecule has 0 amide bonds. The van der Waals surface area contributed by atoms with Crippen molar-refractivity contribution in [2.45, 2.75) is 135 Å². The highest BCUT2D eigenvalue weighted by atomic mass is 16.5. The van der Waals surface area contributed by atoms with Crippen LogP contribution in [0.2, 0.25) is 0 Å². The van der Waals surface area contributed by atoms with Crippen molar-refractivity contribution in [2.24, 2.45) is 39.4 Å². The van der Waals surface area contributed by atoms with Crippen LogP contribution in [0.25, 0.3) is 0 Å². The summed E-state index contributed by atoms with van der Waals surface area (Å²) in [5.74, 6) is 0.203. The standard InChI is InChI=1S/C29H46O6/c1-16-22-17(30)13-19-26(5)14-18(31)23(27(6)9-7-20(35-27)24(2,3)33)25(26,4)11-12-28(19)15-29(22,28)10-8-21(32)34-16/h16-20,22-23,30-31,33H,7-15H2,1-6H3/t16-,17+,18+,19?,20+,22?,23+,25-,26+,27-,28+,29-/m1/s1. The van der Waals surface area contributed by atoms with Crippen LogP contribution in [0, 0.1) is 39.4 Å². The number of hydrogen-bond donors (Lipinski definition) is 3. The molecule has 198 valence electrons. The Labute approximate surface area is 210 Å².